The SMILES string of the molecule is C=C(C)OCC(=C)[C@@H]1CCC(C)=C[C@H]1c1c(OC(C)=O)cc(CCCCC)cc1OC(C)=O. The van der Waals surface area contributed by atoms with E-state index in [9.17, 15) is 9.59 Å². The second-order valence-electron chi connectivity index (χ2n) is 8.98. The third kappa shape index (κ3) is 7.92. The van der Waals surface area contributed by atoms with Crippen LogP contribution < -0.4 is 9.47 Å². The smallest absolute Gasteiger partial charge is 0.308 e. The van der Waals surface area contributed by atoms with Gasteiger partial charge in [0.1, 0.15) is 18.1 Å². The standard InChI is InChI=1S/C28H38O5/c1-8-9-10-11-23-15-26(32-21(6)29)28(27(16-23)33-22(7)30)25-14-19(4)12-13-24(25)20(5)17-31-18(2)3/h14-16,24-25H,2,5,8-13,17H2,1,3-4,6-7H3/t24-,25+/m0/s1. The fourth-order valence-corrected chi connectivity index (χ4v) is 4.32. The number of aryl methyl sites for hydroxylation is 1. The molecule has 5 nitrogen and oxygen atoms in total. The minimum absolute atomic E-state index is 0.0441. The lowest BCUT2D eigenvalue weighted by Gasteiger charge is -2.33. The Hall–Kier alpha value is -2.82. The maximum absolute atomic E-state index is 12.0. The van der Waals surface area contributed by atoms with Gasteiger partial charge in [0.15, 0.2) is 0 Å². The lowest BCUT2D eigenvalue weighted by molar-refractivity contribution is -0.132. The number of esters is 2. The molecule has 0 N–H and O–H groups in total. The van der Waals surface area contributed by atoms with Crippen LogP contribution in [0.25, 0.3) is 0 Å². The molecule has 180 valence electrons. The van der Waals surface area contributed by atoms with Gasteiger partial charge in [-0.2, -0.15) is 0 Å². The first kappa shape index (κ1) is 26.4. The van der Waals surface area contributed by atoms with Crippen molar-refractivity contribution in [2.24, 2.45) is 5.92 Å². The Morgan fingerprint density at radius 2 is 1.64 bits per heavy atom. The molecule has 0 aromatic heterocycles. The van der Waals surface area contributed by atoms with Crippen LogP contribution in [0.2, 0.25) is 0 Å². The molecule has 0 aliphatic heterocycles. The fraction of sp³-hybridized carbons (Fsp3) is 0.500. The molecular weight excluding hydrogens is 416 g/mol. The van der Waals surface area contributed by atoms with Gasteiger partial charge in [-0.3, -0.25) is 9.59 Å². The summed E-state index contributed by atoms with van der Waals surface area (Å²) in [4.78, 5) is 24.0. The maximum Gasteiger partial charge on any atom is 0.308 e. The van der Waals surface area contributed by atoms with Crippen LogP contribution >= 0.6 is 0 Å². The van der Waals surface area contributed by atoms with Crippen molar-refractivity contribution in [2.75, 3.05) is 6.61 Å². The zero-order valence-corrected chi connectivity index (χ0v) is 20.8. The summed E-state index contributed by atoms with van der Waals surface area (Å²) in [5.41, 5.74) is 3.86. The van der Waals surface area contributed by atoms with Crippen molar-refractivity contribution in [3.63, 3.8) is 0 Å². The van der Waals surface area contributed by atoms with Crippen molar-refractivity contribution >= 4 is 11.9 Å². The van der Waals surface area contributed by atoms with Crippen LogP contribution in [0.1, 0.15) is 83.8 Å². The van der Waals surface area contributed by atoms with Gasteiger partial charge in [-0.15, -0.1) is 0 Å². The third-order valence-electron chi connectivity index (χ3n) is 5.85. The summed E-state index contributed by atoms with van der Waals surface area (Å²) in [6.45, 7) is 17.3. The van der Waals surface area contributed by atoms with E-state index in [0.717, 1.165) is 49.7 Å². The van der Waals surface area contributed by atoms with E-state index in [1.807, 2.05) is 19.1 Å². The second kappa shape index (κ2) is 12.4. The number of rotatable bonds is 11. The summed E-state index contributed by atoms with van der Waals surface area (Å²) in [7, 11) is 0. The molecule has 1 aromatic carbocycles. The van der Waals surface area contributed by atoms with Gasteiger partial charge in [0.05, 0.1) is 5.76 Å². The number of unbranched alkanes of at least 4 members (excludes halogenated alkanes) is 2. The van der Waals surface area contributed by atoms with E-state index >= 15 is 0 Å². The summed E-state index contributed by atoms with van der Waals surface area (Å²) in [6.07, 6.45) is 8.02. The zero-order valence-electron chi connectivity index (χ0n) is 20.8. The molecule has 33 heavy (non-hydrogen) atoms. The van der Waals surface area contributed by atoms with Gasteiger partial charge in [0, 0.05) is 25.3 Å². The largest absolute Gasteiger partial charge is 0.495 e. The zero-order chi connectivity index (χ0) is 24.5. The minimum Gasteiger partial charge on any atom is -0.495 e. The van der Waals surface area contributed by atoms with Gasteiger partial charge in [0.2, 0.25) is 0 Å². The maximum atomic E-state index is 12.0. The van der Waals surface area contributed by atoms with Crippen LogP contribution in [0.5, 0.6) is 11.5 Å². The monoisotopic (exact) mass is 454 g/mol. The van der Waals surface area contributed by atoms with Crippen LogP contribution in [0.15, 0.2) is 48.3 Å². The Bertz CT molecular complexity index is 887. The van der Waals surface area contributed by atoms with E-state index in [-0.39, 0.29) is 11.8 Å². The number of hydrogen-bond donors (Lipinski definition) is 0. The van der Waals surface area contributed by atoms with Gasteiger partial charge in [-0.25, -0.2) is 0 Å². The summed E-state index contributed by atoms with van der Waals surface area (Å²) >= 11 is 0. The van der Waals surface area contributed by atoms with E-state index in [1.165, 1.54) is 19.4 Å². The molecule has 1 aromatic rings. The minimum atomic E-state index is -0.409. The van der Waals surface area contributed by atoms with Gasteiger partial charge >= 0.3 is 11.9 Å². The lowest BCUT2D eigenvalue weighted by Crippen LogP contribution is -2.22. The number of ether oxygens (including phenoxy) is 3. The van der Waals surface area contributed by atoms with E-state index in [1.54, 1.807) is 0 Å². The topological polar surface area (TPSA) is 61.8 Å². The predicted octanol–water partition coefficient (Wildman–Crippen LogP) is 6.82. The quantitative estimate of drug-likeness (QED) is 0.121. The molecule has 0 spiro atoms. The molecule has 0 unspecified atom stereocenters. The van der Waals surface area contributed by atoms with E-state index in [2.05, 4.69) is 33.1 Å². The van der Waals surface area contributed by atoms with Crippen LogP contribution in [-0.4, -0.2) is 18.5 Å². The second-order valence-corrected chi connectivity index (χ2v) is 8.98. The molecule has 1 aliphatic carbocycles. The lowest BCUT2D eigenvalue weighted by atomic mass is 9.73. The Balaban J connectivity index is 2.60. The number of hydrogen-bond acceptors (Lipinski definition) is 5. The number of allylic oxidation sites excluding steroid dienone is 3. The Morgan fingerprint density at radius 3 is 2.15 bits per heavy atom. The van der Waals surface area contributed by atoms with Crippen molar-refractivity contribution in [3.8, 4) is 11.5 Å². The number of benzene rings is 1. The average Bonchev–Trinajstić information content (AvgIpc) is 2.71. The molecule has 2 atom stereocenters. The van der Waals surface area contributed by atoms with Gasteiger partial charge in [-0.1, -0.05) is 44.6 Å². The summed E-state index contributed by atoms with van der Waals surface area (Å²) < 4.78 is 17.0. The fourth-order valence-electron chi connectivity index (χ4n) is 4.32. The van der Waals surface area contributed by atoms with Crippen molar-refractivity contribution in [2.45, 2.75) is 79.1 Å². The molecule has 5 heteroatoms. The third-order valence-corrected chi connectivity index (χ3v) is 5.85. The first-order valence-electron chi connectivity index (χ1n) is 11.8. The highest BCUT2D eigenvalue weighted by molar-refractivity contribution is 5.73. The Labute approximate surface area is 198 Å². The van der Waals surface area contributed by atoms with Crippen LogP contribution in [0.4, 0.5) is 0 Å². The Kier molecular flexibility index (Phi) is 9.95. The molecule has 0 saturated carbocycles. The first-order chi connectivity index (χ1) is 15.6. The van der Waals surface area contributed by atoms with E-state index < -0.39 is 11.9 Å². The average molecular weight is 455 g/mol. The number of carbonyl (C=O) groups excluding carboxylic acids is 2. The molecule has 2 rings (SSSR count). The predicted molar refractivity (Wildman–Crippen MR) is 131 cm³/mol. The van der Waals surface area contributed by atoms with Gasteiger partial charge in [-0.05, 0) is 68.7 Å². The van der Waals surface area contributed by atoms with Crippen LogP contribution in [-0.2, 0) is 20.7 Å². The van der Waals surface area contributed by atoms with Crippen molar-refractivity contribution in [3.05, 3.63) is 59.4 Å². The highest BCUT2D eigenvalue weighted by Crippen LogP contribution is 2.47. The first-order valence-corrected chi connectivity index (χ1v) is 11.8. The highest BCUT2D eigenvalue weighted by Gasteiger charge is 2.33. The van der Waals surface area contributed by atoms with E-state index in [4.69, 9.17) is 14.2 Å². The molecular formula is C28H38O5. The highest BCUT2D eigenvalue weighted by atomic mass is 16.5. The van der Waals surface area contributed by atoms with Crippen molar-refractivity contribution in [1.29, 1.82) is 0 Å². The molecule has 0 fully saturated rings. The van der Waals surface area contributed by atoms with E-state index in [0.29, 0.717) is 29.4 Å². The molecule has 0 heterocycles. The van der Waals surface area contributed by atoms with Gasteiger partial charge in [0.25, 0.3) is 0 Å². The molecule has 0 radical (unpaired) electrons. The summed E-state index contributed by atoms with van der Waals surface area (Å²) in [6, 6.07) is 3.84. The molecule has 1 aliphatic rings. The molecule has 0 saturated heterocycles. The van der Waals surface area contributed by atoms with Crippen LogP contribution in [0, 0.1) is 5.92 Å². The van der Waals surface area contributed by atoms with Gasteiger partial charge < -0.3 is 14.2 Å². The number of carbonyl (C=O) groups is 2. The van der Waals surface area contributed by atoms with Crippen molar-refractivity contribution < 1.29 is 23.8 Å². The van der Waals surface area contributed by atoms with Crippen LogP contribution in [0.3, 0.4) is 0 Å². The molecule has 0 bridgehead atoms. The van der Waals surface area contributed by atoms with Crippen molar-refractivity contribution in [1.82, 2.24) is 0 Å². The normalized spacial score (nSPS) is 17.7. The molecule has 0 amide bonds. The summed E-state index contributed by atoms with van der Waals surface area (Å²) in [5, 5.41) is 0. The summed E-state index contributed by atoms with van der Waals surface area (Å²) in [5.74, 6) is 0.593. The Morgan fingerprint density at radius 1 is 1.03 bits per heavy atom.